The molecule has 0 spiro atoms. The molecule has 0 radical (unpaired) electrons. The van der Waals surface area contributed by atoms with Gasteiger partial charge in [0, 0.05) is 23.6 Å². The lowest BCUT2D eigenvalue weighted by atomic mass is 9.63. The van der Waals surface area contributed by atoms with Crippen molar-refractivity contribution in [1.82, 2.24) is 4.90 Å². The zero-order valence-electron chi connectivity index (χ0n) is 13.2. The number of amides is 1. The van der Waals surface area contributed by atoms with Crippen molar-refractivity contribution >= 4 is 34.2 Å². The van der Waals surface area contributed by atoms with Crippen molar-refractivity contribution in [3.8, 4) is 0 Å². The molecular weight excluding hydrogens is 376 g/mol. The van der Waals surface area contributed by atoms with Crippen LogP contribution in [0, 0.1) is 11.8 Å². The van der Waals surface area contributed by atoms with Crippen LogP contribution in [0.2, 0.25) is 0 Å². The maximum absolute atomic E-state index is 13.2. The number of fused-ring (bicyclic) bond motifs is 1. The van der Waals surface area contributed by atoms with Crippen molar-refractivity contribution in [2.45, 2.75) is 43.6 Å². The zero-order valence-corrected chi connectivity index (χ0v) is 15.6. The predicted molar refractivity (Wildman–Crippen MR) is 97.7 cm³/mol. The Morgan fingerprint density at radius 2 is 1.87 bits per heavy atom. The van der Waals surface area contributed by atoms with E-state index in [1.165, 1.54) is 12.0 Å². The van der Waals surface area contributed by atoms with Gasteiger partial charge in [-0.1, -0.05) is 34.5 Å². The van der Waals surface area contributed by atoms with E-state index in [4.69, 9.17) is 5.73 Å². The summed E-state index contributed by atoms with van der Waals surface area (Å²) < 4.78 is 1.07. The van der Waals surface area contributed by atoms with Crippen LogP contribution in [-0.2, 0) is 10.2 Å². The molecule has 3 nitrogen and oxygen atoms in total. The van der Waals surface area contributed by atoms with Gasteiger partial charge in [-0.05, 0) is 55.2 Å². The first-order chi connectivity index (χ1) is 10.6. The molecule has 2 N–H and O–H groups in total. The lowest BCUT2D eigenvalue weighted by Crippen LogP contribution is -2.50. The fourth-order valence-corrected chi connectivity index (χ4v) is 4.97. The Bertz CT molecular complexity index is 587. The van der Waals surface area contributed by atoms with E-state index < -0.39 is 0 Å². The maximum atomic E-state index is 13.2. The minimum Gasteiger partial charge on any atom is -0.341 e. The number of likely N-dealkylation sites (tertiary alicyclic amines) is 1. The normalized spacial score (nSPS) is 31.2. The quantitative estimate of drug-likeness (QED) is 0.827. The van der Waals surface area contributed by atoms with E-state index in [1.807, 2.05) is 0 Å². The van der Waals surface area contributed by atoms with E-state index in [0.717, 1.165) is 43.2 Å². The van der Waals surface area contributed by atoms with Crippen molar-refractivity contribution in [1.29, 1.82) is 0 Å². The van der Waals surface area contributed by atoms with Crippen molar-refractivity contribution < 1.29 is 4.79 Å². The van der Waals surface area contributed by atoms with Gasteiger partial charge < -0.3 is 10.6 Å². The number of benzene rings is 1. The number of nitrogens with zero attached hydrogens (tertiary/aromatic N) is 1. The third-order valence-electron chi connectivity index (χ3n) is 6.21. The second-order valence-electron chi connectivity index (χ2n) is 7.32. The second-order valence-corrected chi connectivity index (χ2v) is 8.23. The van der Waals surface area contributed by atoms with Crippen molar-refractivity contribution in [3.63, 3.8) is 0 Å². The summed E-state index contributed by atoms with van der Waals surface area (Å²) in [5, 5.41) is 0. The molecule has 2 saturated carbocycles. The van der Waals surface area contributed by atoms with Crippen LogP contribution >= 0.6 is 28.3 Å². The summed E-state index contributed by atoms with van der Waals surface area (Å²) in [4.78, 5) is 15.4. The Morgan fingerprint density at radius 3 is 2.43 bits per heavy atom. The van der Waals surface area contributed by atoms with Crippen molar-refractivity contribution in [2.24, 2.45) is 17.6 Å². The summed E-state index contributed by atoms with van der Waals surface area (Å²) in [5.74, 6) is 1.52. The van der Waals surface area contributed by atoms with Crippen LogP contribution in [0.5, 0.6) is 0 Å². The number of carbonyl (C=O) groups excluding carboxylic acids is 1. The van der Waals surface area contributed by atoms with E-state index in [-0.39, 0.29) is 17.8 Å². The highest BCUT2D eigenvalue weighted by Gasteiger charge is 2.51. The Labute approximate surface area is 152 Å². The molecule has 1 heterocycles. The lowest BCUT2D eigenvalue weighted by molar-refractivity contribution is -0.140. The smallest absolute Gasteiger partial charge is 0.233 e. The molecule has 1 amide bonds. The van der Waals surface area contributed by atoms with E-state index in [1.54, 1.807) is 0 Å². The highest BCUT2D eigenvalue weighted by Crippen LogP contribution is 2.47. The van der Waals surface area contributed by atoms with Gasteiger partial charge in [-0.2, -0.15) is 0 Å². The van der Waals surface area contributed by atoms with Crippen LogP contribution in [0.15, 0.2) is 28.7 Å². The standard InChI is InChI=1S/C18H23BrN2O.ClH/c19-14-5-3-13(4-6-14)18(8-1-9-18)17(22)21-10-12-2-7-16(20)15(12)11-21;/h3-6,12,15-16H,1-2,7-11,20H2;1H. The summed E-state index contributed by atoms with van der Waals surface area (Å²) >= 11 is 3.49. The Morgan fingerprint density at radius 1 is 1.17 bits per heavy atom. The van der Waals surface area contributed by atoms with Gasteiger partial charge in [0.15, 0.2) is 0 Å². The first kappa shape index (κ1) is 17.2. The van der Waals surface area contributed by atoms with Gasteiger partial charge in [-0.15, -0.1) is 12.4 Å². The second kappa shape index (κ2) is 6.38. The number of hydrogen-bond acceptors (Lipinski definition) is 2. The van der Waals surface area contributed by atoms with Gasteiger partial charge in [-0.3, -0.25) is 4.79 Å². The first-order valence-corrected chi connectivity index (χ1v) is 9.20. The molecular formula is C18H24BrClN2O. The molecule has 4 rings (SSSR count). The first-order valence-electron chi connectivity index (χ1n) is 8.41. The van der Waals surface area contributed by atoms with Gasteiger partial charge in [0.05, 0.1) is 5.41 Å². The fourth-order valence-electron chi connectivity index (χ4n) is 4.70. The van der Waals surface area contributed by atoms with Crippen LogP contribution in [-0.4, -0.2) is 29.9 Å². The summed E-state index contributed by atoms with van der Waals surface area (Å²) in [5.41, 5.74) is 7.15. The van der Waals surface area contributed by atoms with Gasteiger partial charge >= 0.3 is 0 Å². The molecule has 126 valence electrons. The van der Waals surface area contributed by atoms with E-state index >= 15 is 0 Å². The summed E-state index contributed by atoms with van der Waals surface area (Å²) in [7, 11) is 0. The van der Waals surface area contributed by atoms with Crippen LogP contribution in [0.3, 0.4) is 0 Å². The minimum absolute atomic E-state index is 0. The lowest BCUT2D eigenvalue weighted by Gasteiger charge is -2.43. The van der Waals surface area contributed by atoms with Crippen molar-refractivity contribution in [2.75, 3.05) is 13.1 Å². The van der Waals surface area contributed by atoms with Crippen molar-refractivity contribution in [3.05, 3.63) is 34.3 Å². The molecule has 23 heavy (non-hydrogen) atoms. The van der Waals surface area contributed by atoms with Crippen LogP contribution in [0.25, 0.3) is 0 Å². The van der Waals surface area contributed by atoms with Crippen LogP contribution in [0.4, 0.5) is 0 Å². The predicted octanol–water partition coefficient (Wildman–Crippen LogP) is 3.49. The van der Waals surface area contributed by atoms with Crippen LogP contribution in [0.1, 0.15) is 37.7 Å². The summed E-state index contributed by atoms with van der Waals surface area (Å²) in [6.07, 6.45) is 5.47. The molecule has 1 aliphatic heterocycles. The minimum atomic E-state index is -0.260. The third-order valence-corrected chi connectivity index (χ3v) is 6.74. The van der Waals surface area contributed by atoms with Crippen LogP contribution < -0.4 is 5.73 Å². The van der Waals surface area contributed by atoms with Gasteiger partial charge in [0.1, 0.15) is 0 Å². The highest BCUT2D eigenvalue weighted by molar-refractivity contribution is 9.10. The molecule has 1 aromatic rings. The number of nitrogens with two attached hydrogens (primary N) is 1. The Hall–Kier alpha value is -0.580. The molecule has 0 aromatic heterocycles. The Kier molecular flexibility index (Phi) is 4.78. The summed E-state index contributed by atoms with van der Waals surface area (Å²) in [6.45, 7) is 1.80. The molecule has 3 fully saturated rings. The number of carbonyl (C=O) groups is 1. The van der Waals surface area contributed by atoms with E-state index in [0.29, 0.717) is 23.8 Å². The largest absolute Gasteiger partial charge is 0.341 e. The maximum Gasteiger partial charge on any atom is 0.233 e. The molecule has 3 unspecified atom stereocenters. The Balaban J connectivity index is 0.00000156. The van der Waals surface area contributed by atoms with E-state index in [9.17, 15) is 4.79 Å². The van der Waals surface area contributed by atoms with Gasteiger partial charge in [-0.25, -0.2) is 0 Å². The summed E-state index contributed by atoms with van der Waals surface area (Å²) in [6, 6.07) is 8.63. The van der Waals surface area contributed by atoms with Gasteiger partial charge in [0.2, 0.25) is 5.91 Å². The molecule has 3 aliphatic rings. The molecule has 3 atom stereocenters. The number of hydrogen-bond donors (Lipinski definition) is 1. The third kappa shape index (κ3) is 2.73. The monoisotopic (exact) mass is 398 g/mol. The van der Waals surface area contributed by atoms with Gasteiger partial charge in [0.25, 0.3) is 0 Å². The average Bonchev–Trinajstić information content (AvgIpc) is 3.02. The average molecular weight is 400 g/mol. The number of rotatable bonds is 2. The molecule has 1 saturated heterocycles. The topological polar surface area (TPSA) is 46.3 Å². The SMILES string of the molecule is Cl.NC1CCC2CN(C(=O)C3(c4ccc(Br)cc4)CCC3)CC12. The molecule has 1 aromatic carbocycles. The molecule has 0 bridgehead atoms. The molecule has 5 heteroatoms. The fraction of sp³-hybridized carbons (Fsp3) is 0.611. The zero-order chi connectivity index (χ0) is 15.3. The molecule has 2 aliphatic carbocycles. The highest BCUT2D eigenvalue weighted by atomic mass is 79.9. The number of halogens is 2. The van der Waals surface area contributed by atoms with E-state index in [2.05, 4.69) is 45.1 Å².